The lowest BCUT2D eigenvalue weighted by Gasteiger charge is -2.34. The third-order valence-electron chi connectivity index (χ3n) is 4.88. The lowest BCUT2D eigenvalue weighted by Crippen LogP contribution is -2.45. The summed E-state index contributed by atoms with van der Waals surface area (Å²) in [7, 11) is 1.80. The van der Waals surface area contributed by atoms with Crippen LogP contribution in [-0.2, 0) is 19.9 Å². The molecule has 4 rings (SSSR count). The summed E-state index contributed by atoms with van der Waals surface area (Å²) < 4.78 is 12.2. The van der Waals surface area contributed by atoms with Crippen molar-refractivity contribution < 1.29 is 14.3 Å². The quantitative estimate of drug-likeness (QED) is 0.868. The summed E-state index contributed by atoms with van der Waals surface area (Å²) in [5, 5.41) is 0. The number of amides is 1. The molecule has 0 spiro atoms. The van der Waals surface area contributed by atoms with Gasteiger partial charge in [-0.3, -0.25) is 4.79 Å². The summed E-state index contributed by atoms with van der Waals surface area (Å²) in [6.07, 6.45) is 2.56. The molecule has 2 aliphatic heterocycles. The first-order chi connectivity index (χ1) is 11.7. The van der Waals surface area contributed by atoms with E-state index in [2.05, 4.69) is 0 Å². The largest absolute Gasteiger partial charge is 0.353 e. The number of carbonyl (C=O) groups is 1. The predicted octanol–water partition coefficient (Wildman–Crippen LogP) is 3.45. The number of hydrogen-bond acceptors (Lipinski definition) is 3. The van der Waals surface area contributed by atoms with Crippen molar-refractivity contribution >= 4 is 11.6 Å². The smallest absolute Gasteiger partial charge is 0.268 e. The SMILES string of the molecule is CN1C(=O)C(OC2CCCCO2)(c2ccccc2)c2ccccc21. The monoisotopic (exact) mass is 323 g/mol. The highest BCUT2D eigenvalue weighted by Gasteiger charge is 2.53. The van der Waals surface area contributed by atoms with Crippen LogP contribution in [0, 0.1) is 0 Å². The second-order valence-corrected chi connectivity index (χ2v) is 6.34. The van der Waals surface area contributed by atoms with Gasteiger partial charge < -0.3 is 14.4 Å². The summed E-state index contributed by atoms with van der Waals surface area (Å²) in [4.78, 5) is 15.0. The Hall–Kier alpha value is -2.17. The first-order valence-corrected chi connectivity index (χ1v) is 8.46. The maximum Gasteiger partial charge on any atom is 0.268 e. The van der Waals surface area contributed by atoms with Gasteiger partial charge in [-0.05, 0) is 30.9 Å². The topological polar surface area (TPSA) is 38.8 Å². The zero-order valence-corrected chi connectivity index (χ0v) is 13.8. The highest BCUT2D eigenvalue weighted by Crippen LogP contribution is 2.47. The highest BCUT2D eigenvalue weighted by molar-refractivity contribution is 6.08. The van der Waals surface area contributed by atoms with Crippen molar-refractivity contribution in [1.29, 1.82) is 0 Å². The van der Waals surface area contributed by atoms with Crippen molar-refractivity contribution in [2.75, 3.05) is 18.6 Å². The zero-order valence-electron chi connectivity index (χ0n) is 13.8. The number of anilines is 1. The van der Waals surface area contributed by atoms with Gasteiger partial charge in [-0.1, -0.05) is 48.5 Å². The van der Waals surface area contributed by atoms with Crippen LogP contribution in [0.15, 0.2) is 54.6 Å². The molecular weight excluding hydrogens is 302 g/mol. The van der Waals surface area contributed by atoms with E-state index in [9.17, 15) is 4.79 Å². The van der Waals surface area contributed by atoms with Crippen molar-refractivity contribution in [3.05, 3.63) is 65.7 Å². The Balaban J connectivity index is 1.86. The Kier molecular flexibility index (Phi) is 3.87. The molecule has 2 atom stereocenters. The molecule has 0 aliphatic carbocycles. The molecule has 4 heteroatoms. The molecule has 2 aromatic carbocycles. The van der Waals surface area contributed by atoms with E-state index in [0.717, 1.165) is 36.1 Å². The van der Waals surface area contributed by atoms with Gasteiger partial charge in [0.05, 0.1) is 5.69 Å². The van der Waals surface area contributed by atoms with Crippen LogP contribution in [0.3, 0.4) is 0 Å². The van der Waals surface area contributed by atoms with Crippen molar-refractivity contribution in [2.45, 2.75) is 31.2 Å². The number of nitrogens with zero attached hydrogens (tertiary/aromatic N) is 1. The van der Waals surface area contributed by atoms with E-state index in [4.69, 9.17) is 9.47 Å². The average molecular weight is 323 g/mol. The summed E-state index contributed by atoms with van der Waals surface area (Å²) in [5.74, 6) is -0.0657. The van der Waals surface area contributed by atoms with Crippen LogP contribution >= 0.6 is 0 Å². The number of hydrogen-bond donors (Lipinski definition) is 0. The van der Waals surface area contributed by atoms with E-state index < -0.39 is 5.60 Å². The standard InChI is InChI=1S/C20H21NO3/c1-21-17-12-6-5-11-16(17)20(19(21)22,15-9-3-2-4-10-15)24-18-13-7-8-14-23-18/h2-6,9-12,18H,7-8,13-14H2,1H3. The third kappa shape index (κ3) is 2.26. The number of rotatable bonds is 3. The minimum Gasteiger partial charge on any atom is -0.353 e. The van der Waals surface area contributed by atoms with Crippen LogP contribution in [0.2, 0.25) is 0 Å². The van der Waals surface area contributed by atoms with Gasteiger partial charge in [0.1, 0.15) is 0 Å². The molecule has 2 aromatic rings. The van der Waals surface area contributed by atoms with Crippen LogP contribution in [-0.4, -0.2) is 25.9 Å². The minimum absolute atomic E-state index is 0.0657. The predicted molar refractivity (Wildman–Crippen MR) is 91.8 cm³/mol. The van der Waals surface area contributed by atoms with E-state index in [0.29, 0.717) is 6.61 Å². The first kappa shape index (κ1) is 15.4. The molecule has 1 saturated heterocycles. The number of benzene rings is 2. The van der Waals surface area contributed by atoms with Crippen LogP contribution in [0.5, 0.6) is 0 Å². The first-order valence-electron chi connectivity index (χ1n) is 8.46. The molecule has 0 saturated carbocycles. The van der Waals surface area contributed by atoms with Crippen LogP contribution < -0.4 is 4.90 Å². The molecule has 4 nitrogen and oxygen atoms in total. The van der Waals surface area contributed by atoms with Gasteiger partial charge in [0, 0.05) is 19.2 Å². The Morgan fingerprint density at radius 2 is 1.83 bits per heavy atom. The van der Waals surface area contributed by atoms with Gasteiger partial charge in [-0.25, -0.2) is 0 Å². The Morgan fingerprint density at radius 1 is 1.08 bits per heavy atom. The normalized spacial score (nSPS) is 26.5. The summed E-state index contributed by atoms with van der Waals surface area (Å²) in [6.45, 7) is 0.682. The van der Waals surface area contributed by atoms with Gasteiger partial charge in [-0.2, -0.15) is 0 Å². The fraction of sp³-hybridized carbons (Fsp3) is 0.350. The Bertz CT molecular complexity index is 740. The molecule has 0 N–H and O–H groups in total. The lowest BCUT2D eigenvalue weighted by atomic mass is 9.87. The van der Waals surface area contributed by atoms with E-state index in [1.807, 2.05) is 54.6 Å². The van der Waals surface area contributed by atoms with Crippen molar-refractivity contribution in [1.82, 2.24) is 0 Å². The van der Waals surface area contributed by atoms with Gasteiger partial charge in [0.25, 0.3) is 5.91 Å². The number of para-hydroxylation sites is 1. The van der Waals surface area contributed by atoms with Gasteiger partial charge in [0.15, 0.2) is 6.29 Å². The van der Waals surface area contributed by atoms with E-state index in [-0.39, 0.29) is 12.2 Å². The second kappa shape index (κ2) is 6.04. The number of carbonyl (C=O) groups excluding carboxylic acids is 1. The molecule has 2 aliphatic rings. The molecule has 2 heterocycles. The maximum absolute atomic E-state index is 13.3. The molecule has 2 unspecified atom stereocenters. The molecule has 0 radical (unpaired) electrons. The fourth-order valence-electron chi connectivity index (χ4n) is 3.66. The summed E-state index contributed by atoms with van der Waals surface area (Å²) in [6, 6.07) is 17.6. The van der Waals surface area contributed by atoms with E-state index >= 15 is 0 Å². The Morgan fingerprint density at radius 3 is 2.58 bits per heavy atom. The van der Waals surface area contributed by atoms with E-state index in [1.165, 1.54) is 0 Å². The van der Waals surface area contributed by atoms with Gasteiger partial charge >= 0.3 is 0 Å². The van der Waals surface area contributed by atoms with Crippen LogP contribution in [0.1, 0.15) is 30.4 Å². The Labute approximate surface area is 142 Å². The van der Waals surface area contributed by atoms with Crippen molar-refractivity contribution in [3.63, 3.8) is 0 Å². The number of fused-ring (bicyclic) bond motifs is 1. The molecule has 124 valence electrons. The second-order valence-electron chi connectivity index (χ2n) is 6.34. The number of likely N-dealkylation sites (N-methyl/N-ethyl adjacent to an activating group) is 1. The fourth-order valence-corrected chi connectivity index (χ4v) is 3.66. The van der Waals surface area contributed by atoms with Crippen LogP contribution in [0.25, 0.3) is 0 Å². The molecule has 0 bridgehead atoms. The van der Waals surface area contributed by atoms with E-state index in [1.54, 1.807) is 11.9 Å². The minimum atomic E-state index is -1.13. The zero-order chi connectivity index (χ0) is 16.6. The molecular formula is C20H21NO3. The van der Waals surface area contributed by atoms with Crippen LogP contribution in [0.4, 0.5) is 5.69 Å². The van der Waals surface area contributed by atoms with Crippen molar-refractivity contribution in [2.24, 2.45) is 0 Å². The highest BCUT2D eigenvalue weighted by atomic mass is 16.7. The summed E-state index contributed by atoms with van der Waals surface area (Å²) in [5.41, 5.74) is 1.50. The molecule has 0 aromatic heterocycles. The van der Waals surface area contributed by atoms with Gasteiger partial charge in [0.2, 0.25) is 5.60 Å². The molecule has 1 fully saturated rings. The maximum atomic E-state index is 13.3. The average Bonchev–Trinajstić information content (AvgIpc) is 2.86. The molecule has 24 heavy (non-hydrogen) atoms. The van der Waals surface area contributed by atoms with Gasteiger partial charge in [-0.15, -0.1) is 0 Å². The number of ether oxygens (including phenoxy) is 2. The molecule has 1 amide bonds. The third-order valence-corrected chi connectivity index (χ3v) is 4.88. The van der Waals surface area contributed by atoms with Crippen molar-refractivity contribution in [3.8, 4) is 0 Å². The summed E-state index contributed by atoms with van der Waals surface area (Å²) >= 11 is 0. The lowest BCUT2D eigenvalue weighted by molar-refractivity contribution is -0.214.